The Hall–Kier alpha value is -2.51. The van der Waals surface area contributed by atoms with Crippen molar-refractivity contribution in [3.8, 4) is 22.3 Å². The van der Waals surface area contributed by atoms with Crippen LogP contribution < -0.4 is 9.47 Å². The van der Waals surface area contributed by atoms with Gasteiger partial charge in [0.2, 0.25) is 6.79 Å². The third kappa shape index (κ3) is 3.08. The highest BCUT2D eigenvalue weighted by molar-refractivity contribution is 7.15. The van der Waals surface area contributed by atoms with Crippen LogP contribution in [0.25, 0.3) is 10.8 Å². The number of esters is 1. The fraction of sp³-hybridized carbons (Fsp3) is 0.176. The zero-order valence-electron chi connectivity index (χ0n) is 13.1. The molecule has 0 fully saturated rings. The van der Waals surface area contributed by atoms with Gasteiger partial charge in [0.1, 0.15) is 6.61 Å². The van der Waals surface area contributed by atoms with Gasteiger partial charge >= 0.3 is 5.97 Å². The van der Waals surface area contributed by atoms with Crippen LogP contribution in [0, 0.1) is 6.92 Å². The number of aromatic nitrogens is 1. The topological polar surface area (TPSA) is 70.8 Å². The molecule has 4 rings (SSSR count). The third-order valence-corrected chi connectivity index (χ3v) is 4.84. The van der Waals surface area contributed by atoms with Crippen molar-refractivity contribution in [1.82, 2.24) is 4.98 Å². The Bertz CT molecular complexity index is 935. The van der Waals surface area contributed by atoms with Crippen LogP contribution >= 0.6 is 22.9 Å². The number of nitrogens with zero attached hydrogens (tertiary/aromatic N) is 1. The molecule has 1 aliphatic rings. The SMILES string of the molecule is Cc1sc(-c2ccco2)nc1C(=O)OCc1cc(Cl)c2c(c1)OCO2. The molecule has 25 heavy (non-hydrogen) atoms. The summed E-state index contributed by atoms with van der Waals surface area (Å²) >= 11 is 7.50. The number of furan rings is 1. The molecule has 0 bridgehead atoms. The number of carbonyl (C=O) groups is 1. The molecule has 0 spiro atoms. The molecule has 8 heteroatoms. The molecular weight excluding hydrogens is 366 g/mol. The van der Waals surface area contributed by atoms with Gasteiger partial charge in [-0.25, -0.2) is 9.78 Å². The molecule has 0 saturated heterocycles. The fourth-order valence-electron chi connectivity index (χ4n) is 2.41. The van der Waals surface area contributed by atoms with Crippen molar-refractivity contribution < 1.29 is 23.4 Å². The summed E-state index contributed by atoms with van der Waals surface area (Å²) in [7, 11) is 0. The Balaban J connectivity index is 1.49. The Morgan fingerprint density at radius 1 is 1.40 bits per heavy atom. The van der Waals surface area contributed by atoms with Crippen LogP contribution in [0.15, 0.2) is 34.9 Å². The lowest BCUT2D eigenvalue weighted by molar-refractivity contribution is 0.0465. The van der Waals surface area contributed by atoms with E-state index < -0.39 is 5.97 Å². The van der Waals surface area contributed by atoms with Crippen molar-refractivity contribution in [2.24, 2.45) is 0 Å². The smallest absolute Gasteiger partial charge is 0.358 e. The van der Waals surface area contributed by atoms with Gasteiger partial charge in [-0.15, -0.1) is 11.3 Å². The van der Waals surface area contributed by atoms with Crippen molar-refractivity contribution in [2.45, 2.75) is 13.5 Å². The molecule has 128 valence electrons. The number of carbonyl (C=O) groups excluding carboxylic acids is 1. The molecule has 0 atom stereocenters. The summed E-state index contributed by atoms with van der Waals surface area (Å²) in [6.45, 7) is 2.01. The first kappa shape index (κ1) is 16.0. The number of halogens is 1. The highest BCUT2D eigenvalue weighted by atomic mass is 35.5. The predicted octanol–water partition coefficient (Wildman–Crippen LogP) is 4.45. The molecule has 0 radical (unpaired) electrons. The molecule has 0 amide bonds. The van der Waals surface area contributed by atoms with E-state index in [1.807, 2.05) is 6.92 Å². The summed E-state index contributed by atoms with van der Waals surface area (Å²) in [6, 6.07) is 6.99. The second-order valence-corrected chi connectivity index (χ2v) is 6.90. The first-order chi connectivity index (χ1) is 12.1. The van der Waals surface area contributed by atoms with E-state index >= 15 is 0 Å². The lowest BCUT2D eigenvalue weighted by Gasteiger charge is -2.06. The maximum atomic E-state index is 12.3. The van der Waals surface area contributed by atoms with E-state index in [0.717, 1.165) is 4.88 Å². The quantitative estimate of drug-likeness (QED) is 0.625. The minimum atomic E-state index is -0.500. The Morgan fingerprint density at radius 3 is 3.08 bits per heavy atom. The average molecular weight is 378 g/mol. The lowest BCUT2D eigenvalue weighted by Crippen LogP contribution is -2.07. The van der Waals surface area contributed by atoms with Crippen LogP contribution in [0.3, 0.4) is 0 Å². The summed E-state index contributed by atoms with van der Waals surface area (Å²) in [5.41, 5.74) is 0.991. The van der Waals surface area contributed by atoms with E-state index in [9.17, 15) is 4.79 Å². The summed E-state index contributed by atoms with van der Waals surface area (Å²) in [4.78, 5) is 17.4. The van der Waals surface area contributed by atoms with E-state index in [0.29, 0.717) is 32.9 Å². The van der Waals surface area contributed by atoms with Gasteiger partial charge in [0.05, 0.1) is 11.3 Å². The van der Waals surface area contributed by atoms with Crippen molar-refractivity contribution in [2.75, 3.05) is 6.79 Å². The van der Waals surface area contributed by atoms with Gasteiger partial charge in [-0.2, -0.15) is 0 Å². The minimum Gasteiger partial charge on any atom is -0.462 e. The number of ether oxygens (including phenoxy) is 3. The highest BCUT2D eigenvalue weighted by Crippen LogP contribution is 2.40. The van der Waals surface area contributed by atoms with Gasteiger partial charge in [-0.3, -0.25) is 0 Å². The summed E-state index contributed by atoms with van der Waals surface area (Å²) in [5.74, 6) is 1.17. The Labute approximate surface area is 151 Å². The maximum absolute atomic E-state index is 12.3. The number of hydrogen-bond acceptors (Lipinski definition) is 7. The number of hydrogen-bond donors (Lipinski definition) is 0. The molecular formula is C17H12ClNO5S. The molecule has 3 aromatic rings. The molecule has 6 nitrogen and oxygen atoms in total. The summed E-state index contributed by atoms with van der Waals surface area (Å²) in [6.07, 6.45) is 1.56. The highest BCUT2D eigenvalue weighted by Gasteiger charge is 2.21. The molecule has 1 aromatic carbocycles. The number of thiazole rings is 1. The predicted molar refractivity (Wildman–Crippen MR) is 91.2 cm³/mol. The first-order valence-corrected chi connectivity index (χ1v) is 8.57. The Kier molecular flexibility index (Phi) is 4.10. The van der Waals surface area contributed by atoms with Crippen LogP contribution in [0.1, 0.15) is 20.9 Å². The van der Waals surface area contributed by atoms with Gasteiger partial charge < -0.3 is 18.6 Å². The number of benzene rings is 1. The van der Waals surface area contributed by atoms with Crippen molar-refractivity contribution in [1.29, 1.82) is 0 Å². The van der Waals surface area contributed by atoms with Crippen molar-refractivity contribution in [3.05, 3.63) is 51.7 Å². The van der Waals surface area contributed by atoms with Crippen molar-refractivity contribution in [3.63, 3.8) is 0 Å². The van der Waals surface area contributed by atoms with Crippen LogP contribution in [0.2, 0.25) is 5.02 Å². The number of aryl methyl sites for hydroxylation is 1. The largest absolute Gasteiger partial charge is 0.462 e. The zero-order chi connectivity index (χ0) is 17.4. The van der Waals surface area contributed by atoms with E-state index in [4.69, 9.17) is 30.2 Å². The Morgan fingerprint density at radius 2 is 2.28 bits per heavy atom. The normalized spacial score (nSPS) is 12.4. The molecule has 1 aliphatic heterocycles. The third-order valence-electron chi connectivity index (χ3n) is 3.58. The monoisotopic (exact) mass is 377 g/mol. The minimum absolute atomic E-state index is 0.0578. The van der Waals surface area contributed by atoms with Gasteiger partial charge in [0, 0.05) is 4.88 Å². The van der Waals surface area contributed by atoms with Crippen LogP contribution in [0.4, 0.5) is 0 Å². The maximum Gasteiger partial charge on any atom is 0.358 e. The second kappa shape index (κ2) is 6.42. The zero-order valence-corrected chi connectivity index (χ0v) is 14.6. The molecule has 0 N–H and O–H groups in total. The van der Waals surface area contributed by atoms with Gasteiger partial charge in [-0.05, 0) is 36.8 Å². The van der Waals surface area contributed by atoms with Crippen LogP contribution in [0.5, 0.6) is 11.5 Å². The van der Waals surface area contributed by atoms with E-state index in [-0.39, 0.29) is 19.1 Å². The van der Waals surface area contributed by atoms with Crippen LogP contribution in [-0.4, -0.2) is 17.7 Å². The van der Waals surface area contributed by atoms with Crippen molar-refractivity contribution >= 4 is 28.9 Å². The molecule has 0 aliphatic carbocycles. The van der Waals surface area contributed by atoms with E-state index in [1.54, 1.807) is 30.5 Å². The van der Waals surface area contributed by atoms with E-state index in [2.05, 4.69) is 4.98 Å². The first-order valence-electron chi connectivity index (χ1n) is 7.38. The summed E-state index contributed by atoms with van der Waals surface area (Å²) < 4.78 is 21.2. The molecule has 0 saturated carbocycles. The lowest BCUT2D eigenvalue weighted by atomic mass is 10.2. The molecule has 2 aromatic heterocycles. The average Bonchev–Trinajstić information content (AvgIpc) is 3.32. The number of rotatable bonds is 4. The summed E-state index contributed by atoms with van der Waals surface area (Å²) in [5, 5.41) is 1.06. The standard InChI is InChI=1S/C17H12ClNO5S/c1-9-14(19-16(25-9)12-3-2-4-21-12)17(20)22-7-10-5-11(18)15-13(6-10)23-8-24-15/h2-6H,7-8H2,1H3. The van der Waals surface area contributed by atoms with E-state index in [1.165, 1.54) is 11.3 Å². The van der Waals surface area contributed by atoms with Crippen LogP contribution in [-0.2, 0) is 11.3 Å². The second-order valence-electron chi connectivity index (χ2n) is 5.29. The number of fused-ring (bicyclic) bond motifs is 1. The fourth-order valence-corrected chi connectivity index (χ4v) is 3.57. The molecule has 0 unspecified atom stereocenters. The van der Waals surface area contributed by atoms with Gasteiger partial charge in [0.25, 0.3) is 0 Å². The molecule has 3 heterocycles. The van der Waals surface area contributed by atoms with Gasteiger partial charge in [0.15, 0.2) is 28.0 Å². The van der Waals surface area contributed by atoms with Gasteiger partial charge in [-0.1, -0.05) is 11.6 Å².